The molecular weight excluding hydrogens is 426 g/mol. The first-order valence-electron chi connectivity index (χ1n) is 12.7. The first-order chi connectivity index (χ1) is 16.5. The number of terminal acetylenes is 1. The van der Waals surface area contributed by atoms with Gasteiger partial charge in [-0.3, -0.25) is 4.79 Å². The fourth-order valence-corrected chi connectivity index (χ4v) is 5.84. The molecule has 2 fully saturated rings. The predicted molar refractivity (Wildman–Crippen MR) is 136 cm³/mol. The number of nitrogens with one attached hydrogen (secondary N) is 1. The number of fused-ring (bicyclic) bond motifs is 2. The number of rotatable bonds is 6. The molecule has 1 aliphatic carbocycles. The number of allylic oxidation sites excluding steroid dienone is 1. The molecule has 1 spiro atoms. The second-order valence-corrected chi connectivity index (χ2v) is 9.76. The van der Waals surface area contributed by atoms with Crippen LogP contribution in [0.4, 0.5) is 4.79 Å². The van der Waals surface area contributed by atoms with Gasteiger partial charge in [-0.25, -0.2) is 4.79 Å². The minimum absolute atomic E-state index is 0. The largest absolute Gasteiger partial charge is 0.436 e. The Hall–Kier alpha value is -2.78. The number of ether oxygens (including phenoxy) is 1. The standard InChI is InChI=1S/C28H37N3O3.H2/c1-4-19-34-27(33)31-15-11-22(12-16-31)30-17-13-28(14-18-30)20-24(23-9-7-8-10-25(23)28)26(32)29-21(5-2)6-3;/h1,7-10,20-22H,5-6,11-19H2,2-3H3,(H,29,32);1H. The number of nitrogens with zero attached hydrogens (tertiary/aromatic N) is 2. The van der Waals surface area contributed by atoms with Crippen molar-refractivity contribution in [1.82, 2.24) is 15.1 Å². The Kier molecular flexibility index (Phi) is 7.63. The van der Waals surface area contributed by atoms with E-state index in [0.29, 0.717) is 19.1 Å². The Bertz CT molecular complexity index is 966. The summed E-state index contributed by atoms with van der Waals surface area (Å²) in [6.45, 7) is 7.68. The molecule has 0 saturated carbocycles. The van der Waals surface area contributed by atoms with Gasteiger partial charge in [0.2, 0.25) is 0 Å². The highest BCUT2D eigenvalue weighted by molar-refractivity contribution is 6.21. The zero-order valence-electron chi connectivity index (χ0n) is 20.5. The van der Waals surface area contributed by atoms with Gasteiger partial charge in [-0.05, 0) is 62.7 Å². The maximum absolute atomic E-state index is 13.2. The summed E-state index contributed by atoms with van der Waals surface area (Å²) in [6.07, 6.45) is 12.9. The number of carbonyl (C=O) groups is 2. The topological polar surface area (TPSA) is 61.9 Å². The van der Waals surface area contributed by atoms with Crippen molar-refractivity contribution < 1.29 is 15.8 Å². The Morgan fingerprint density at radius 1 is 1.18 bits per heavy atom. The Morgan fingerprint density at radius 3 is 2.50 bits per heavy atom. The molecule has 0 aromatic heterocycles. The molecule has 3 aliphatic rings. The van der Waals surface area contributed by atoms with Crippen LogP contribution in [0.5, 0.6) is 0 Å². The van der Waals surface area contributed by atoms with Crippen molar-refractivity contribution in [3.63, 3.8) is 0 Å². The molecule has 1 aromatic carbocycles. The van der Waals surface area contributed by atoms with E-state index in [-0.39, 0.29) is 31.5 Å². The predicted octanol–water partition coefficient (Wildman–Crippen LogP) is 4.20. The van der Waals surface area contributed by atoms with Gasteiger partial charge in [0.05, 0.1) is 0 Å². The van der Waals surface area contributed by atoms with Crippen LogP contribution >= 0.6 is 0 Å². The van der Waals surface area contributed by atoms with Gasteiger partial charge in [-0.1, -0.05) is 50.1 Å². The molecule has 4 rings (SSSR count). The van der Waals surface area contributed by atoms with Gasteiger partial charge in [0.25, 0.3) is 5.91 Å². The monoisotopic (exact) mass is 465 g/mol. The molecule has 2 heterocycles. The zero-order chi connectivity index (χ0) is 24.1. The molecule has 6 nitrogen and oxygen atoms in total. The van der Waals surface area contributed by atoms with Gasteiger partial charge in [0, 0.05) is 37.6 Å². The lowest BCUT2D eigenvalue weighted by atomic mass is 9.74. The highest BCUT2D eigenvalue weighted by Crippen LogP contribution is 2.47. The van der Waals surface area contributed by atoms with E-state index in [1.165, 1.54) is 5.56 Å². The molecule has 34 heavy (non-hydrogen) atoms. The lowest BCUT2D eigenvalue weighted by molar-refractivity contribution is -0.116. The summed E-state index contributed by atoms with van der Waals surface area (Å²) < 4.78 is 5.07. The minimum atomic E-state index is -0.305. The molecular formula is C28H39N3O3. The van der Waals surface area contributed by atoms with E-state index in [9.17, 15) is 9.59 Å². The van der Waals surface area contributed by atoms with E-state index >= 15 is 0 Å². The Balaban J connectivity index is 0.00000342. The zero-order valence-corrected chi connectivity index (χ0v) is 20.5. The summed E-state index contributed by atoms with van der Waals surface area (Å²) in [5, 5.41) is 3.24. The van der Waals surface area contributed by atoms with Crippen LogP contribution in [-0.2, 0) is 14.9 Å². The third-order valence-electron chi connectivity index (χ3n) is 7.95. The van der Waals surface area contributed by atoms with Crippen molar-refractivity contribution in [3.05, 3.63) is 41.5 Å². The van der Waals surface area contributed by atoms with Crippen molar-refractivity contribution in [2.45, 2.75) is 69.9 Å². The molecule has 6 heteroatoms. The molecule has 0 atom stereocenters. The van der Waals surface area contributed by atoms with Crippen molar-refractivity contribution in [2.75, 3.05) is 32.8 Å². The molecule has 0 unspecified atom stereocenters. The average Bonchev–Trinajstić information content (AvgIpc) is 3.20. The van der Waals surface area contributed by atoms with Gasteiger partial charge >= 0.3 is 6.09 Å². The quantitative estimate of drug-likeness (QED) is 0.640. The van der Waals surface area contributed by atoms with Crippen LogP contribution in [0.15, 0.2) is 30.3 Å². The van der Waals surface area contributed by atoms with Crippen molar-refractivity contribution in [3.8, 4) is 12.3 Å². The molecule has 2 amide bonds. The summed E-state index contributed by atoms with van der Waals surface area (Å²) in [6, 6.07) is 9.13. The smallest absolute Gasteiger partial charge is 0.410 e. The van der Waals surface area contributed by atoms with E-state index in [4.69, 9.17) is 11.2 Å². The van der Waals surface area contributed by atoms with Crippen molar-refractivity contribution in [2.24, 2.45) is 0 Å². The molecule has 1 aromatic rings. The van der Waals surface area contributed by atoms with Crippen LogP contribution in [0.25, 0.3) is 5.57 Å². The molecule has 184 valence electrons. The molecule has 2 saturated heterocycles. The number of amides is 2. The average molecular weight is 466 g/mol. The second-order valence-electron chi connectivity index (χ2n) is 9.76. The van der Waals surface area contributed by atoms with Crippen LogP contribution in [-0.4, -0.2) is 66.7 Å². The summed E-state index contributed by atoms with van der Waals surface area (Å²) in [5.41, 5.74) is 3.18. The van der Waals surface area contributed by atoms with Gasteiger partial charge < -0.3 is 19.9 Å². The van der Waals surface area contributed by atoms with Crippen molar-refractivity contribution >= 4 is 17.6 Å². The normalized spacial score (nSPS) is 20.1. The van der Waals surface area contributed by atoms with Crippen LogP contribution in [0.3, 0.4) is 0 Å². The third-order valence-corrected chi connectivity index (χ3v) is 7.95. The van der Waals surface area contributed by atoms with Crippen LogP contribution in [0, 0.1) is 12.3 Å². The number of carbonyl (C=O) groups excluding carboxylic acids is 2. The number of hydrogen-bond donors (Lipinski definition) is 1. The number of benzene rings is 1. The Labute approximate surface area is 205 Å². The molecule has 2 aliphatic heterocycles. The van der Waals surface area contributed by atoms with Gasteiger partial charge in [-0.15, -0.1) is 6.42 Å². The van der Waals surface area contributed by atoms with Gasteiger partial charge in [0.1, 0.15) is 0 Å². The second kappa shape index (κ2) is 10.7. The highest BCUT2D eigenvalue weighted by atomic mass is 16.6. The maximum atomic E-state index is 13.2. The lowest BCUT2D eigenvalue weighted by Gasteiger charge is -2.44. The summed E-state index contributed by atoms with van der Waals surface area (Å²) >= 11 is 0. The van der Waals surface area contributed by atoms with E-state index in [1.54, 1.807) is 4.90 Å². The maximum Gasteiger partial charge on any atom is 0.410 e. The molecule has 1 N–H and O–H groups in total. The summed E-state index contributed by atoms with van der Waals surface area (Å²) in [4.78, 5) is 29.6. The van der Waals surface area contributed by atoms with Crippen LogP contribution < -0.4 is 5.32 Å². The highest BCUT2D eigenvalue weighted by Gasteiger charge is 2.43. The fraction of sp³-hybridized carbons (Fsp3) is 0.571. The number of piperidine rings is 2. The van der Waals surface area contributed by atoms with Crippen molar-refractivity contribution in [1.29, 1.82) is 0 Å². The first kappa shape index (κ1) is 24.3. The molecule has 0 radical (unpaired) electrons. The Morgan fingerprint density at radius 2 is 1.85 bits per heavy atom. The summed E-state index contributed by atoms with van der Waals surface area (Å²) in [7, 11) is 0. The number of hydrogen-bond acceptors (Lipinski definition) is 4. The van der Waals surface area contributed by atoms with Crippen LogP contribution in [0.1, 0.15) is 64.9 Å². The van der Waals surface area contributed by atoms with E-state index in [2.05, 4.69) is 54.3 Å². The summed E-state index contributed by atoms with van der Waals surface area (Å²) in [5.74, 6) is 2.41. The SMILES string of the molecule is C#CCOC(=O)N1CCC(N2CCC3(C=C(C(=O)NC(CC)CC)c4ccccc43)CC2)CC1.[HH]. The third kappa shape index (κ3) is 4.86. The van der Waals surface area contributed by atoms with Gasteiger partial charge in [-0.2, -0.15) is 0 Å². The van der Waals surface area contributed by atoms with Crippen LogP contribution in [0.2, 0.25) is 0 Å². The van der Waals surface area contributed by atoms with E-state index in [1.807, 2.05) is 6.07 Å². The molecule has 0 bridgehead atoms. The first-order valence-corrected chi connectivity index (χ1v) is 12.7. The minimum Gasteiger partial charge on any atom is -0.436 e. The van der Waals surface area contributed by atoms with E-state index < -0.39 is 0 Å². The van der Waals surface area contributed by atoms with E-state index in [0.717, 1.165) is 62.8 Å². The fourth-order valence-electron chi connectivity index (χ4n) is 5.84. The lowest BCUT2D eigenvalue weighted by Crippen LogP contribution is -2.51. The number of likely N-dealkylation sites (tertiary alicyclic amines) is 2. The van der Waals surface area contributed by atoms with Gasteiger partial charge in [0.15, 0.2) is 6.61 Å².